The maximum absolute atomic E-state index is 12.2. The van der Waals surface area contributed by atoms with Crippen LogP contribution < -0.4 is 20.1 Å². The molecule has 0 radical (unpaired) electrons. The molecule has 1 saturated carbocycles. The van der Waals surface area contributed by atoms with Crippen molar-refractivity contribution in [2.45, 2.75) is 50.9 Å². The SMILES string of the molecule is C[C@H](OC(=O)[C@@H]1COc2ccccc2O1)C(=O)NC(=O)NC1CCCC1. The molecule has 1 aromatic rings. The summed E-state index contributed by atoms with van der Waals surface area (Å²) in [5.74, 6) is -0.427. The Kier molecular flexibility index (Phi) is 5.60. The second kappa shape index (κ2) is 8.07. The molecule has 1 aromatic carbocycles. The molecule has 8 heteroatoms. The van der Waals surface area contributed by atoms with E-state index in [0.29, 0.717) is 11.5 Å². The quantitative estimate of drug-likeness (QED) is 0.788. The highest BCUT2D eigenvalue weighted by Crippen LogP contribution is 2.31. The summed E-state index contributed by atoms with van der Waals surface area (Å²) in [7, 11) is 0. The lowest BCUT2D eigenvalue weighted by Crippen LogP contribution is -2.48. The lowest BCUT2D eigenvalue weighted by Gasteiger charge is -2.25. The standard InChI is InChI=1S/C18H22N2O6/c1-11(16(21)20-18(23)19-12-6-2-3-7-12)25-17(22)15-10-24-13-8-4-5-9-14(13)26-15/h4-5,8-9,11-12,15H,2-3,6-7,10H2,1H3,(H2,19,20,21,23)/t11-,15-/m0/s1. The Bertz CT molecular complexity index is 686. The predicted octanol–water partition coefficient (Wildman–Crippen LogP) is 1.53. The van der Waals surface area contributed by atoms with Crippen LogP contribution in [0.25, 0.3) is 0 Å². The molecule has 1 aliphatic carbocycles. The molecule has 2 aliphatic rings. The zero-order valence-electron chi connectivity index (χ0n) is 14.5. The van der Waals surface area contributed by atoms with Crippen molar-refractivity contribution in [3.63, 3.8) is 0 Å². The first-order valence-electron chi connectivity index (χ1n) is 8.73. The number of amides is 3. The summed E-state index contributed by atoms with van der Waals surface area (Å²) in [6.07, 6.45) is 1.86. The van der Waals surface area contributed by atoms with E-state index in [9.17, 15) is 14.4 Å². The Balaban J connectivity index is 1.46. The van der Waals surface area contributed by atoms with Gasteiger partial charge in [-0.25, -0.2) is 9.59 Å². The van der Waals surface area contributed by atoms with Gasteiger partial charge in [0.15, 0.2) is 17.6 Å². The van der Waals surface area contributed by atoms with Crippen LogP contribution in [-0.4, -0.2) is 42.8 Å². The molecule has 0 bridgehead atoms. The number of urea groups is 1. The summed E-state index contributed by atoms with van der Waals surface area (Å²) in [6.45, 7) is 1.39. The van der Waals surface area contributed by atoms with E-state index in [0.717, 1.165) is 25.7 Å². The molecular formula is C18H22N2O6. The van der Waals surface area contributed by atoms with E-state index in [2.05, 4.69) is 10.6 Å². The lowest BCUT2D eigenvalue weighted by molar-refractivity contribution is -0.163. The normalized spacial score (nSPS) is 20.1. The second-order valence-electron chi connectivity index (χ2n) is 6.39. The number of imide groups is 1. The summed E-state index contributed by atoms with van der Waals surface area (Å²) in [5, 5.41) is 4.93. The third-order valence-electron chi connectivity index (χ3n) is 4.36. The van der Waals surface area contributed by atoms with Crippen LogP contribution in [0.4, 0.5) is 4.79 Å². The Morgan fingerprint density at radius 1 is 1.15 bits per heavy atom. The average Bonchev–Trinajstić information content (AvgIpc) is 3.13. The van der Waals surface area contributed by atoms with E-state index in [4.69, 9.17) is 14.2 Å². The molecule has 3 rings (SSSR count). The molecule has 2 atom stereocenters. The Labute approximate surface area is 151 Å². The molecule has 1 heterocycles. The topological polar surface area (TPSA) is 103 Å². The maximum Gasteiger partial charge on any atom is 0.351 e. The summed E-state index contributed by atoms with van der Waals surface area (Å²) < 4.78 is 16.1. The van der Waals surface area contributed by atoms with Crippen molar-refractivity contribution in [2.24, 2.45) is 0 Å². The van der Waals surface area contributed by atoms with Crippen molar-refractivity contribution < 1.29 is 28.6 Å². The van der Waals surface area contributed by atoms with Crippen molar-refractivity contribution in [3.8, 4) is 11.5 Å². The first-order valence-corrected chi connectivity index (χ1v) is 8.73. The van der Waals surface area contributed by atoms with Gasteiger partial charge in [-0.15, -0.1) is 0 Å². The minimum atomic E-state index is -1.13. The molecule has 26 heavy (non-hydrogen) atoms. The van der Waals surface area contributed by atoms with Gasteiger partial charge in [-0.05, 0) is 31.9 Å². The van der Waals surface area contributed by atoms with Gasteiger partial charge in [0.25, 0.3) is 5.91 Å². The third kappa shape index (κ3) is 4.44. The fraction of sp³-hybridized carbons (Fsp3) is 0.500. The van der Waals surface area contributed by atoms with E-state index in [1.54, 1.807) is 24.3 Å². The number of para-hydroxylation sites is 2. The zero-order chi connectivity index (χ0) is 18.5. The van der Waals surface area contributed by atoms with Crippen molar-refractivity contribution in [3.05, 3.63) is 24.3 Å². The van der Waals surface area contributed by atoms with E-state index in [-0.39, 0.29) is 12.6 Å². The smallest absolute Gasteiger partial charge is 0.351 e. The molecule has 8 nitrogen and oxygen atoms in total. The Hall–Kier alpha value is -2.77. The number of carbonyl (C=O) groups is 3. The van der Waals surface area contributed by atoms with Gasteiger partial charge in [-0.2, -0.15) is 0 Å². The Morgan fingerprint density at radius 2 is 1.85 bits per heavy atom. The molecular weight excluding hydrogens is 340 g/mol. The monoisotopic (exact) mass is 362 g/mol. The van der Waals surface area contributed by atoms with Gasteiger partial charge in [0.1, 0.15) is 6.61 Å². The van der Waals surface area contributed by atoms with Crippen molar-refractivity contribution >= 4 is 17.9 Å². The highest BCUT2D eigenvalue weighted by molar-refractivity contribution is 5.97. The van der Waals surface area contributed by atoms with Crippen molar-refractivity contribution in [1.29, 1.82) is 0 Å². The van der Waals surface area contributed by atoms with Crippen LogP contribution in [0.2, 0.25) is 0 Å². The van der Waals surface area contributed by atoms with Gasteiger partial charge in [-0.1, -0.05) is 25.0 Å². The maximum atomic E-state index is 12.2. The molecule has 0 unspecified atom stereocenters. The van der Waals surface area contributed by atoms with Crippen LogP contribution >= 0.6 is 0 Å². The first-order chi connectivity index (χ1) is 12.5. The number of benzene rings is 1. The average molecular weight is 362 g/mol. The molecule has 1 fully saturated rings. The van der Waals surface area contributed by atoms with Gasteiger partial charge >= 0.3 is 12.0 Å². The number of hydrogen-bond donors (Lipinski definition) is 2. The van der Waals surface area contributed by atoms with E-state index >= 15 is 0 Å². The van der Waals surface area contributed by atoms with Gasteiger partial charge in [-0.3, -0.25) is 10.1 Å². The molecule has 2 N–H and O–H groups in total. The van der Waals surface area contributed by atoms with Gasteiger partial charge in [0, 0.05) is 6.04 Å². The molecule has 3 amide bonds. The van der Waals surface area contributed by atoms with E-state index in [1.165, 1.54) is 6.92 Å². The molecule has 0 spiro atoms. The molecule has 0 aromatic heterocycles. The van der Waals surface area contributed by atoms with Gasteiger partial charge < -0.3 is 19.5 Å². The fourth-order valence-electron chi connectivity index (χ4n) is 2.94. The van der Waals surface area contributed by atoms with Crippen LogP contribution in [0, 0.1) is 0 Å². The van der Waals surface area contributed by atoms with E-state index in [1.807, 2.05) is 0 Å². The summed E-state index contributed by atoms with van der Waals surface area (Å²) in [4.78, 5) is 36.0. The number of carbonyl (C=O) groups excluding carboxylic acids is 3. The van der Waals surface area contributed by atoms with Crippen molar-refractivity contribution in [2.75, 3.05) is 6.61 Å². The third-order valence-corrected chi connectivity index (χ3v) is 4.36. The number of rotatable bonds is 4. The fourth-order valence-corrected chi connectivity index (χ4v) is 2.94. The predicted molar refractivity (Wildman–Crippen MR) is 90.8 cm³/mol. The Morgan fingerprint density at radius 3 is 2.58 bits per heavy atom. The van der Waals surface area contributed by atoms with Crippen molar-refractivity contribution in [1.82, 2.24) is 10.6 Å². The summed E-state index contributed by atoms with van der Waals surface area (Å²) >= 11 is 0. The largest absolute Gasteiger partial charge is 0.485 e. The van der Waals surface area contributed by atoms with Crippen LogP contribution in [0.3, 0.4) is 0 Å². The number of nitrogens with one attached hydrogen (secondary N) is 2. The lowest BCUT2D eigenvalue weighted by atomic mass is 10.2. The number of esters is 1. The highest BCUT2D eigenvalue weighted by atomic mass is 16.6. The summed E-state index contributed by atoms with van der Waals surface area (Å²) in [6, 6.07) is 6.48. The molecule has 140 valence electrons. The minimum Gasteiger partial charge on any atom is -0.485 e. The highest BCUT2D eigenvalue weighted by Gasteiger charge is 2.31. The van der Waals surface area contributed by atoms with Crippen LogP contribution in [0.15, 0.2) is 24.3 Å². The van der Waals surface area contributed by atoms with E-state index < -0.39 is 30.1 Å². The van der Waals surface area contributed by atoms with Gasteiger partial charge in [0.05, 0.1) is 0 Å². The zero-order valence-corrected chi connectivity index (χ0v) is 14.5. The number of fused-ring (bicyclic) bond motifs is 1. The van der Waals surface area contributed by atoms with Crippen LogP contribution in [-0.2, 0) is 14.3 Å². The molecule has 1 aliphatic heterocycles. The summed E-state index contributed by atoms with van der Waals surface area (Å²) in [5.41, 5.74) is 0. The van der Waals surface area contributed by atoms with Crippen LogP contribution in [0.5, 0.6) is 11.5 Å². The molecule has 0 saturated heterocycles. The number of hydrogen-bond acceptors (Lipinski definition) is 6. The van der Waals surface area contributed by atoms with Gasteiger partial charge in [0.2, 0.25) is 6.10 Å². The second-order valence-corrected chi connectivity index (χ2v) is 6.39. The first kappa shape index (κ1) is 18.0. The minimum absolute atomic E-state index is 0.00759. The number of ether oxygens (including phenoxy) is 3. The van der Waals surface area contributed by atoms with Crippen LogP contribution in [0.1, 0.15) is 32.6 Å².